The fraction of sp³-hybridized carbons (Fsp3) is 0.222. The Morgan fingerprint density at radius 3 is 2.53 bits per heavy atom. The lowest BCUT2D eigenvalue weighted by atomic mass is 9.76. The van der Waals surface area contributed by atoms with E-state index in [-0.39, 0.29) is 11.9 Å². The number of carboxylic acid groups (broad SMARTS) is 1. The Kier molecular flexibility index (Phi) is 3.84. The molecule has 0 bridgehead atoms. The fourth-order valence-electron chi connectivity index (χ4n) is 1.30. The van der Waals surface area contributed by atoms with Crippen LogP contribution in [0.3, 0.4) is 0 Å². The van der Waals surface area contributed by atoms with Gasteiger partial charge in [0, 0.05) is 0 Å². The number of nitrogens with two attached hydrogens (primary N) is 1. The molecule has 0 spiro atoms. The second kappa shape index (κ2) is 4.93. The molecule has 1 aromatic rings. The topological polar surface area (TPSA) is 104 Å². The number of aliphatic carboxylic acids is 1. The summed E-state index contributed by atoms with van der Waals surface area (Å²) in [4.78, 5) is 10.5. The van der Waals surface area contributed by atoms with Gasteiger partial charge in [0.1, 0.15) is 6.04 Å². The van der Waals surface area contributed by atoms with Crippen LogP contribution in [0.15, 0.2) is 24.3 Å². The van der Waals surface area contributed by atoms with E-state index in [0.29, 0.717) is 5.56 Å². The molecule has 6 heteroatoms. The minimum absolute atomic E-state index is 0.0725. The quantitative estimate of drug-likeness (QED) is 0.443. The van der Waals surface area contributed by atoms with Crippen molar-refractivity contribution >= 4 is 18.6 Å². The average Bonchev–Trinajstić information content (AvgIpc) is 2.18. The van der Waals surface area contributed by atoms with Crippen LogP contribution in [0.5, 0.6) is 0 Å². The zero-order valence-electron chi connectivity index (χ0n) is 8.00. The lowest BCUT2D eigenvalue weighted by Gasteiger charge is -2.10. The normalized spacial score (nSPS) is 12.2. The van der Waals surface area contributed by atoms with E-state index < -0.39 is 19.1 Å². The number of carbonyl (C=O) groups is 1. The lowest BCUT2D eigenvalue weighted by molar-refractivity contribution is -0.138. The summed E-state index contributed by atoms with van der Waals surface area (Å²) < 4.78 is 0. The number of carboxylic acids is 1. The Morgan fingerprint density at radius 2 is 2.00 bits per heavy atom. The van der Waals surface area contributed by atoms with Crippen LogP contribution in [0, 0.1) is 0 Å². The third kappa shape index (κ3) is 3.05. The SMILES string of the molecule is N[C@H](Cc1ccccc1B(O)O)C(=O)O. The smallest absolute Gasteiger partial charge is 0.480 e. The molecule has 80 valence electrons. The highest BCUT2D eigenvalue weighted by Crippen LogP contribution is 2.01. The van der Waals surface area contributed by atoms with Gasteiger partial charge in [0.25, 0.3) is 0 Å². The van der Waals surface area contributed by atoms with E-state index in [4.69, 9.17) is 20.9 Å². The third-order valence-electron chi connectivity index (χ3n) is 2.09. The number of hydrogen-bond acceptors (Lipinski definition) is 4. The molecule has 0 fully saturated rings. The molecule has 0 amide bonds. The summed E-state index contributed by atoms with van der Waals surface area (Å²) >= 11 is 0. The monoisotopic (exact) mass is 209 g/mol. The molecule has 0 radical (unpaired) electrons. The van der Waals surface area contributed by atoms with Gasteiger partial charge in [-0.3, -0.25) is 4.79 Å². The molecule has 1 aromatic carbocycles. The highest BCUT2D eigenvalue weighted by molar-refractivity contribution is 6.59. The van der Waals surface area contributed by atoms with Crippen LogP contribution in [0.1, 0.15) is 5.56 Å². The van der Waals surface area contributed by atoms with Gasteiger partial charge in [-0.05, 0) is 17.4 Å². The fourth-order valence-corrected chi connectivity index (χ4v) is 1.30. The van der Waals surface area contributed by atoms with Crippen LogP contribution in [0.4, 0.5) is 0 Å². The first kappa shape index (κ1) is 11.7. The van der Waals surface area contributed by atoms with Crippen LogP contribution >= 0.6 is 0 Å². The van der Waals surface area contributed by atoms with E-state index in [0.717, 1.165) is 0 Å². The maximum atomic E-state index is 10.5. The minimum Gasteiger partial charge on any atom is -0.480 e. The van der Waals surface area contributed by atoms with Gasteiger partial charge in [-0.15, -0.1) is 0 Å². The van der Waals surface area contributed by atoms with Gasteiger partial charge in [-0.25, -0.2) is 0 Å². The zero-order chi connectivity index (χ0) is 11.4. The maximum absolute atomic E-state index is 10.5. The predicted octanol–water partition coefficient (Wildman–Crippen LogP) is -1.68. The molecule has 0 aliphatic carbocycles. The molecule has 5 nitrogen and oxygen atoms in total. The molecular formula is C9H12BNO4. The van der Waals surface area contributed by atoms with Crippen molar-refractivity contribution in [2.75, 3.05) is 0 Å². The highest BCUT2D eigenvalue weighted by Gasteiger charge is 2.19. The standard InChI is InChI=1S/C9H12BNO4/c11-8(9(12)13)5-6-3-1-2-4-7(6)10(14)15/h1-4,8,14-15H,5,11H2,(H,12,13)/t8-/m1/s1. The summed E-state index contributed by atoms with van der Waals surface area (Å²) in [6.07, 6.45) is 0.0725. The van der Waals surface area contributed by atoms with E-state index in [1.54, 1.807) is 18.2 Å². The lowest BCUT2D eigenvalue weighted by Crippen LogP contribution is -2.38. The van der Waals surface area contributed by atoms with Crippen LogP contribution in [0.25, 0.3) is 0 Å². The van der Waals surface area contributed by atoms with Gasteiger partial charge in [0.15, 0.2) is 0 Å². The highest BCUT2D eigenvalue weighted by atomic mass is 16.4. The van der Waals surface area contributed by atoms with Gasteiger partial charge < -0.3 is 20.9 Å². The first-order valence-corrected chi connectivity index (χ1v) is 4.44. The molecule has 0 unspecified atom stereocenters. The van der Waals surface area contributed by atoms with Crippen molar-refractivity contribution in [2.45, 2.75) is 12.5 Å². The molecule has 0 aliphatic heterocycles. The molecule has 1 rings (SSSR count). The number of hydrogen-bond donors (Lipinski definition) is 4. The molecule has 1 atom stereocenters. The van der Waals surface area contributed by atoms with Crippen molar-refractivity contribution in [2.24, 2.45) is 5.73 Å². The molecule has 0 saturated heterocycles. The van der Waals surface area contributed by atoms with Crippen molar-refractivity contribution < 1.29 is 19.9 Å². The van der Waals surface area contributed by atoms with Gasteiger partial charge in [0.05, 0.1) is 0 Å². The van der Waals surface area contributed by atoms with Gasteiger partial charge in [-0.2, -0.15) is 0 Å². The Hall–Kier alpha value is -1.37. The van der Waals surface area contributed by atoms with Crippen molar-refractivity contribution in [3.05, 3.63) is 29.8 Å². The summed E-state index contributed by atoms with van der Waals surface area (Å²) in [5.74, 6) is -1.11. The molecule has 0 aromatic heterocycles. The van der Waals surface area contributed by atoms with Gasteiger partial charge in [-0.1, -0.05) is 24.3 Å². The summed E-state index contributed by atoms with van der Waals surface area (Å²) in [6.45, 7) is 0. The summed E-state index contributed by atoms with van der Waals surface area (Å²) in [6, 6.07) is 5.44. The Balaban J connectivity index is 2.89. The third-order valence-corrected chi connectivity index (χ3v) is 2.09. The second-order valence-electron chi connectivity index (χ2n) is 3.22. The molecule has 5 N–H and O–H groups in total. The predicted molar refractivity (Wildman–Crippen MR) is 55.6 cm³/mol. The van der Waals surface area contributed by atoms with E-state index in [1.807, 2.05) is 0 Å². The van der Waals surface area contributed by atoms with Crippen LogP contribution in [-0.2, 0) is 11.2 Å². The Labute approximate surface area is 87.3 Å². The number of benzene rings is 1. The van der Waals surface area contributed by atoms with Gasteiger partial charge >= 0.3 is 13.1 Å². The second-order valence-corrected chi connectivity index (χ2v) is 3.22. The summed E-state index contributed by atoms with van der Waals surface area (Å²) in [5, 5.41) is 26.7. The van der Waals surface area contributed by atoms with E-state index in [1.165, 1.54) is 6.07 Å². The van der Waals surface area contributed by atoms with E-state index >= 15 is 0 Å². The average molecular weight is 209 g/mol. The van der Waals surface area contributed by atoms with Gasteiger partial charge in [0.2, 0.25) is 0 Å². The Morgan fingerprint density at radius 1 is 1.40 bits per heavy atom. The zero-order valence-corrected chi connectivity index (χ0v) is 8.00. The van der Waals surface area contributed by atoms with Crippen molar-refractivity contribution in [3.8, 4) is 0 Å². The molecule has 0 aliphatic rings. The molecular weight excluding hydrogens is 197 g/mol. The first-order valence-electron chi connectivity index (χ1n) is 4.44. The van der Waals surface area contributed by atoms with E-state index in [9.17, 15) is 4.79 Å². The Bertz CT molecular complexity index is 356. The summed E-state index contributed by atoms with van der Waals surface area (Å²) in [5.41, 5.74) is 6.17. The van der Waals surface area contributed by atoms with Crippen molar-refractivity contribution in [1.82, 2.24) is 0 Å². The van der Waals surface area contributed by atoms with Crippen LogP contribution < -0.4 is 11.2 Å². The van der Waals surface area contributed by atoms with Crippen molar-refractivity contribution in [3.63, 3.8) is 0 Å². The molecule has 15 heavy (non-hydrogen) atoms. The van der Waals surface area contributed by atoms with E-state index in [2.05, 4.69) is 0 Å². The minimum atomic E-state index is -1.61. The largest absolute Gasteiger partial charge is 0.488 e. The first-order chi connectivity index (χ1) is 7.02. The summed E-state index contributed by atoms with van der Waals surface area (Å²) in [7, 11) is -1.61. The van der Waals surface area contributed by atoms with Crippen LogP contribution in [-0.4, -0.2) is 34.3 Å². The van der Waals surface area contributed by atoms with Crippen LogP contribution in [0.2, 0.25) is 0 Å². The maximum Gasteiger partial charge on any atom is 0.488 e. The molecule has 0 saturated carbocycles. The van der Waals surface area contributed by atoms with Crippen molar-refractivity contribution in [1.29, 1.82) is 0 Å². The number of rotatable bonds is 4. The molecule has 0 heterocycles.